The fraction of sp³-hybridized carbons (Fsp3) is 0.167. The number of carbonyl (C=O) groups is 1. The zero-order valence-electron chi connectivity index (χ0n) is 12.4. The second kappa shape index (κ2) is 5.09. The number of fused-ring (bicyclic) bond motifs is 1. The van der Waals surface area contributed by atoms with E-state index in [2.05, 4.69) is 16.4 Å². The molecule has 106 valence electrons. The van der Waals surface area contributed by atoms with Crippen LogP contribution in [-0.4, -0.2) is 10.9 Å². The van der Waals surface area contributed by atoms with Crippen LogP contribution in [0.25, 0.3) is 10.9 Å². The van der Waals surface area contributed by atoms with E-state index in [9.17, 15) is 4.79 Å². The van der Waals surface area contributed by atoms with Crippen molar-refractivity contribution in [3.05, 3.63) is 64.8 Å². The van der Waals surface area contributed by atoms with Crippen molar-refractivity contribution in [2.75, 3.05) is 5.32 Å². The number of para-hydroxylation sites is 1. The highest BCUT2D eigenvalue weighted by atomic mass is 16.1. The molecule has 3 nitrogen and oxygen atoms in total. The lowest BCUT2D eigenvalue weighted by Crippen LogP contribution is -2.13. The zero-order chi connectivity index (χ0) is 15.0. The van der Waals surface area contributed by atoms with Crippen molar-refractivity contribution in [3.63, 3.8) is 0 Å². The van der Waals surface area contributed by atoms with Crippen molar-refractivity contribution in [1.29, 1.82) is 0 Å². The van der Waals surface area contributed by atoms with Crippen LogP contribution < -0.4 is 5.32 Å². The van der Waals surface area contributed by atoms with Gasteiger partial charge in [0.2, 0.25) is 0 Å². The summed E-state index contributed by atoms with van der Waals surface area (Å²) in [7, 11) is 0. The van der Waals surface area contributed by atoms with Gasteiger partial charge in [-0.2, -0.15) is 0 Å². The third-order valence-corrected chi connectivity index (χ3v) is 3.67. The van der Waals surface area contributed by atoms with E-state index in [1.54, 1.807) is 0 Å². The van der Waals surface area contributed by atoms with Crippen LogP contribution in [-0.2, 0) is 0 Å². The first-order valence-corrected chi connectivity index (χ1v) is 7.01. The van der Waals surface area contributed by atoms with Gasteiger partial charge in [0.05, 0.1) is 0 Å². The van der Waals surface area contributed by atoms with Gasteiger partial charge in [-0.25, -0.2) is 0 Å². The lowest BCUT2D eigenvalue weighted by molar-refractivity contribution is 0.102. The lowest BCUT2D eigenvalue weighted by atomic mass is 10.1. The Morgan fingerprint density at radius 1 is 1.00 bits per heavy atom. The van der Waals surface area contributed by atoms with Gasteiger partial charge in [0.15, 0.2) is 0 Å². The number of carbonyl (C=O) groups excluding carboxylic acids is 1. The van der Waals surface area contributed by atoms with E-state index in [4.69, 9.17) is 0 Å². The van der Waals surface area contributed by atoms with Gasteiger partial charge >= 0.3 is 0 Å². The Kier molecular flexibility index (Phi) is 3.26. The third kappa shape index (κ3) is 2.55. The van der Waals surface area contributed by atoms with E-state index in [0.29, 0.717) is 5.69 Å². The molecule has 0 radical (unpaired) electrons. The van der Waals surface area contributed by atoms with Gasteiger partial charge in [-0.05, 0) is 55.7 Å². The number of aromatic amines is 1. The predicted molar refractivity (Wildman–Crippen MR) is 86.9 cm³/mol. The number of anilines is 1. The monoisotopic (exact) mass is 278 g/mol. The molecular weight excluding hydrogens is 260 g/mol. The predicted octanol–water partition coefficient (Wildman–Crippen LogP) is 4.35. The molecule has 21 heavy (non-hydrogen) atoms. The molecule has 0 fully saturated rings. The van der Waals surface area contributed by atoms with Crippen molar-refractivity contribution in [2.24, 2.45) is 0 Å². The molecule has 0 spiro atoms. The highest BCUT2D eigenvalue weighted by molar-refractivity contribution is 6.07. The zero-order valence-corrected chi connectivity index (χ0v) is 12.4. The van der Waals surface area contributed by atoms with Crippen molar-refractivity contribution < 1.29 is 4.79 Å². The largest absolute Gasteiger partial charge is 0.350 e. The van der Waals surface area contributed by atoms with E-state index in [-0.39, 0.29) is 5.91 Å². The Bertz CT molecular complexity index is 810. The van der Waals surface area contributed by atoms with Gasteiger partial charge in [-0.1, -0.05) is 24.3 Å². The Hall–Kier alpha value is -2.55. The summed E-state index contributed by atoms with van der Waals surface area (Å²) >= 11 is 0. The van der Waals surface area contributed by atoms with Crippen molar-refractivity contribution >= 4 is 22.5 Å². The molecule has 0 unspecified atom stereocenters. The van der Waals surface area contributed by atoms with Crippen LogP contribution in [0.15, 0.2) is 42.5 Å². The SMILES string of the molecule is Cc1cc(C)cc(NC(=O)c2[nH]c3ccccc3c2C)c1. The van der Waals surface area contributed by atoms with Gasteiger partial charge in [0, 0.05) is 16.6 Å². The topological polar surface area (TPSA) is 44.9 Å². The summed E-state index contributed by atoms with van der Waals surface area (Å²) in [5, 5.41) is 4.06. The normalized spacial score (nSPS) is 10.8. The summed E-state index contributed by atoms with van der Waals surface area (Å²) < 4.78 is 0. The quantitative estimate of drug-likeness (QED) is 0.719. The Morgan fingerprint density at radius 2 is 1.67 bits per heavy atom. The summed E-state index contributed by atoms with van der Waals surface area (Å²) in [5.41, 5.74) is 5.69. The second-order valence-electron chi connectivity index (χ2n) is 5.50. The molecule has 3 rings (SSSR count). The van der Waals surface area contributed by atoms with Gasteiger partial charge in [-0.3, -0.25) is 4.79 Å². The molecule has 0 aliphatic rings. The molecule has 3 aromatic rings. The molecule has 0 aliphatic heterocycles. The van der Waals surface area contributed by atoms with Crippen molar-refractivity contribution in [1.82, 2.24) is 4.98 Å². The summed E-state index contributed by atoms with van der Waals surface area (Å²) in [4.78, 5) is 15.7. The van der Waals surface area contributed by atoms with Gasteiger partial charge in [0.25, 0.3) is 5.91 Å². The number of aryl methyl sites for hydroxylation is 3. The van der Waals surface area contributed by atoms with Gasteiger partial charge < -0.3 is 10.3 Å². The lowest BCUT2D eigenvalue weighted by Gasteiger charge is -2.07. The first-order chi connectivity index (χ1) is 10.0. The molecule has 2 N–H and O–H groups in total. The van der Waals surface area contributed by atoms with Crippen LogP contribution in [0.4, 0.5) is 5.69 Å². The number of hydrogen-bond acceptors (Lipinski definition) is 1. The van der Waals surface area contributed by atoms with Crippen molar-refractivity contribution in [2.45, 2.75) is 20.8 Å². The maximum Gasteiger partial charge on any atom is 0.272 e. The van der Waals surface area contributed by atoms with Gasteiger partial charge in [0.1, 0.15) is 5.69 Å². The van der Waals surface area contributed by atoms with Crippen LogP contribution in [0.5, 0.6) is 0 Å². The van der Waals surface area contributed by atoms with E-state index < -0.39 is 0 Å². The fourth-order valence-corrected chi connectivity index (χ4v) is 2.75. The van der Waals surface area contributed by atoms with Crippen LogP contribution in [0.3, 0.4) is 0 Å². The number of hydrogen-bond donors (Lipinski definition) is 2. The maximum atomic E-state index is 12.5. The molecule has 1 amide bonds. The molecule has 1 heterocycles. The van der Waals surface area contributed by atoms with E-state index in [1.807, 2.05) is 57.2 Å². The number of rotatable bonds is 2. The van der Waals surface area contributed by atoms with Crippen LogP contribution in [0, 0.1) is 20.8 Å². The van der Waals surface area contributed by atoms with Crippen LogP contribution >= 0.6 is 0 Å². The average Bonchev–Trinajstić information content (AvgIpc) is 2.76. The minimum atomic E-state index is -0.103. The summed E-state index contributed by atoms with van der Waals surface area (Å²) in [6.45, 7) is 6.02. The standard InChI is InChI=1S/C18H18N2O/c1-11-8-12(2)10-14(9-11)19-18(21)17-13(3)15-6-4-5-7-16(15)20-17/h4-10,20H,1-3H3,(H,19,21). The Labute approximate surface area is 124 Å². The maximum absolute atomic E-state index is 12.5. The molecule has 2 aromatic carbocycles. The molecule has 0 saturated carbocycles. The minimum absolute atomic E-state index is 0.103. The minimum Gasteiger partial charge on any atom is -0.350 e. The highest BCUT2D eigenvalue weighted by Crippen LogP contribution is 2.22. The second-order valence-corrected chi connectivity index (χ2v) is 5.50. The average molecular weight is 278 g/mol. The van der Waals surface area contributed by atoms with Crippen LogP contribution in [0.2, 0.25) is 0 Å². The number of H-pyrrole nitrogens is 1. The first-order valence-electron chi connectivity index (χ1n) is 7.01. The van der Waals surface area contributed by atoms with Crippen LogP contribution in [0.1, 0.15) is 27.2 Å². The van der Waals surface area contributed by atoms with E-state index in [0.717, 1.165) is 33.3 Å². The molecule has 1 aromatic heterocycles. The molecule has 0 aliphatic carbocycles. The number of aromatic nitrogens is 1. The Morgan fingerprint density at radius 3 is 2.33 bits per heavy atom. The summed E-state index contributed by atoms with van der Waals surface area (Å²) in [5.74, 6) is -0.103. The number of amides is 1. The molecule has 3 heteroatoms. The molecule has 0 atom stereocenters. The number of nitrogens with one attached hydrogen (secondary N) is 2. The first kappa shape index (κ1) is 13.4. The molecule has 0 saturated heterocycles. The summed E-state index contributed by atoms with van der Waals surface area (Å²) in [6, 6.07) is 14.0. The summed E-state index contributed by atoms with van der Waals surface area (Å²) in [6.07, 6.45) is 0. The molecule has 0 bridgehead atoms. The van der Waals surface area contributed by atoms with Gasteiger partial charge in [-0.15, -0.1) is 0 Å². The van der Waals surface area contributed by atoms with Crippen molar-refractivity contribution in [3.8, 4) is 0 Å². The fourth-order valence-electron chi connectivity index (χ4n) is 2.75. The Balaban J connectivity index is 1.95. The van der Waals surface area contributed by atoms with E-state index >= 15 is 0 Å². The third-order valence-electron chi connectivity index (χ3n) is 3.67. The number of benzene rings is 2. The smallest absolute Gasteiger partial charge is 0.272 e. The highest BCUT2D eigenvalue weighted by Gasteiger charge is 2.14. The molecular formula is C18H18N2O. The van der Waals surface area contributed by atoms with E-state index in [1.165, 1.54) is 0 Å².